The predicted octanol–water partition coefficient (Wildman–Crippen LogP) is 4.77. The van der Waals surface area contributed by atoms with Crippen molar-refractivity contribution in [3.8, 4) is 0 Å². The number of anilines is 1. The zero-order valence-corrected chi connectivity index (χ0v) is 18.2. The molecule has 0 atom stereocenters. The second kappa shape index (κ2) is 8.29. The first-order valence-corrected chi connectivity index (χ1v) is 10.7. The number of rotatable bonds is 4. The summed E-state index contributed by atoms with van der Waals surface area (Å²) in [5.74, 6) is 0.439. The van der Waals surface area contributed by atoms with Crippen LogP contribution in [-0.2, 0) is 11.2 Å². The second-order valence-corrected chi connectivity index (χ2v) is 9.25. The van der Waals surface area contributed by atoms with Crippen molar-refractivity contribution in [2.24, 2.45) is 0 Å². The van der Waals surface area contributed by atoms with E-state index in [9.17, 15) is 13.6 Å². The summed E-state index contributed by atoms with van der Waals surface area (Å²) < 4.78 is 28.8. The molecule has 1 aliphatic heterocycles. The van der Waals surface area contributed by atoms with E-state index in [4.69, 9.17) is 4.98 Å². The summed E-state index contributed by atoms with van der Waals surface area (Å²) in [7, 11) is 0. The minimum atomic E-state index is -0.311. The van der Waals surface area contributed by atoms with Gasteiger partial charge in [-0.2, -0.15) is 0 Å². The van der Waals surface area contributed by atoms with Gasteiger partial charge in [0, 0.05) is 30.7 Å². The van der Waals surface area contributed by atoms with Crippen LogP contribution < -0.4 is 5.32 Å². The molecule has 1 fully saturated rings. The van der Waals surface area contributed by atoms with Crippen LogP contribution >= 0.6 is 0 Å². The molecule has 2 aromatic heterocycles. The summed E-state index contributed by atoms with van der Waals surface area (Å²) >= 11 is 0. The first-order chi connectivity index (χ1) is 14.7. The first kappa shape index (κ1) is 21.3. The number of likely N-dealkylation sites (tertiary alicyclic amines) is 1. The van der Waals surface area contributed by atoms with E-state index in [1.54, 1.807) is 22.6 Å². The lowest BCUT2D eigenvalue weighted by Crippen LogP contribution is -2.39. The van der Waals surface area contributed by atoms with Gasteiger partial charge in [0.2, 0.25) is 5.91 Å². The molecule has 0 spiro atoms. The molecule has 5 nitrogen and oxygen atoms in total. The molecule has 0 unspecified atom stereocenters. The van der Waals surface area contributed by atoms with Gasteiger partial charge in [-0.1, -0.05) is 12.1 Å². The number of benzene rings is 1. The Balaban J connectivity index is 1.49. The quantitative estimate of drug-likeness (QED) is 0.654. The van der Waals surface area contributed by atoms with Gasteiger partial charge in [-0.3, -0.25) is 9.20 Å². The smallest absolute Gasteiger partial charge is 0.226 e. The summed E-state index contributed by atoms with van der Waals surface area (Å²) in [5.41, 5.74) is 2.24. The highest BCUT2D eigenvalue weighted by Gasteiger charge is 2.29. The van der Waals surface area contributed by atoms with Crippen molar-refractivity contribution in [2.75, 3.05) is 18.4 Å². The van der Waals surface area contributed by atoms with Gasteiger partial charge < -0.3 is 10.2 Å². The summed E-state index contributed by atoms with van der Waals surface area (Å²) in [5, 5.41) is 3.49. The molecular formula is C24H28F2N4O. The highest BCUT2D eigenvalue weighted by Crippen LogP contribution is 2.34. The Hall–Kier alpha value is -2.96. The molecule has 0 bridgehead atoms. The fraction of sp³-hybridized carbons (Fsp3) is 0.417. The van der Waals surface area contributed by atoms with E-state index in [0.717, 1.165) is 29.9 Å². The standard InChI is InChI=1S/C24H28F2N4O/c1-24(2,3)28-23-22(27-20-9-8-19(26)15-30(20)23)17-10-12-29(13-11-17)21(31)14-16-4-6-18(25)7-5-16/h4-9,15,17,28H,10-14H2,1-3H3. The lowest BCUT2D eigenvalue weighted by molar-refractivity contribution is -0.131. The van der Waals surface area contributed by atoms with Crippen molar-refractivity contribution < 1.29 is 13.6 Å². The maximum Gasteiger partial charge on any atom is 0.226 e. The topological polar surface area (TPSA) is 49.6 Å². The molecule has 3 aromatic rings. The molecule has 4 rings (SSSR count). The molecule has 164 valence electrons. The highest BCUT2D eigenvalue weighted by atomic mass is 19.1. The van der Waals surface area contributed by atoms with Crippen LogP contribution in [0.3, 0.4) is 0 Å². The third-order valence-electron chi connectivity index (χ3n) is 5.61. The van der Waals surface area contributed by atoms with E-state index in [1.165, 1.54) is 24.4 Å². The molecule has 7 heteroatoms. The molecule has 1 aliphatic rings. The number of carbonyl (C=O) groups is 1. The number of piperidine rings is 1. The van der Waals surface area contributed by atoms with E-state index in [2.05, 4.69) is 26.1 Å². The third-order valence-corrected chi connectivity index (χ3v) is 5.61. The molecular weight excluding hydrogens is 398 g/mol. The lowest BCUT2D eigenvalue weighted by Gasteiger charge is -2.32. The van der Waals surface area contributed by atoms with Crippen LogP contribution in [0.2, 0.25) is 0 Å². The number of halogens is 2. The molecule has 1 saturated heterocycles. The number of hydrogen-bond acceptors (Lipinski definition) is 3. The second-order valence-electron chi connectivity index (χ2n) is 9.25. The summed E-state index contributed by atoms with van der Waals surface area (Å²) in [4.78, 5) is 19.4. The van der Waals surface area contributed by atoms with Gasteiger partial charge >= 0.3 is 0 Å². The number of amides is 1. The Kier molecular flexibility index (Phi) is 5.69. The van der Waals surface area contributed by atoms with E-state index in [0.29, 0.717) is 18.7 Å². The SMILES string of the molecule is CC(C)(C)Nc1c(C2CCN(C(=O)Cc3ccc(F)cc3)CC2)nc2ccc(F)cn12. The van der Waals surface area contributed by atoms with Crippen LogP contribution in [0, 0.1) is 11.6 Å². The summed E-state index contributed by atoms with van der Waals surface area (Å²) in [6.07, 6.45) is 3.32. The van der Waals surface area contributed by atoms with E-state index in [-0.39, 0.29) is 35.4 Å². The van der Waals surface area contributed by atoms with Gasteiger partial charge in [0.1, 0.15) is 23.1 Å². The number of nitrogens with one attached hydrogen (secondary N) is 1. The zero-order valence-electron chi connectivity index (χ0n) is 18.2. The van der Waals surface area contributed by atoms with Crippen molar-refractivity contribution in [1.82, 2.24) is 14.3 Å². The molecule has 0 saturated carbocycles. The van der Waals surface area contributed by atoms with Crippen LogP contribution in [0.5, 0.6) is 0 Å². The van der Waals surface area contributed by atoms with Crippen molar-refractivity contribution in [3.05, 3.63) is 65.5 Å². The van der Waals surface area contributed by atoms with E-state index >= 15 is 0 Å². The van der Waals surface area contributed by atoms with Gasteiger partial charge in [0.15, 0.2) is 0 Å². The van der Waals surface area contributed by atoms with E-state index in [1.807, 2.05) is 4.90 Å². The zero-order chi connectivity index (χ0) is 22.2. The van der Waals surface area contributed by atoms with Gasteiger partial charge in [0.05, 0.1) is 12.1 Å². The van der Waals surface area contributed by atoms with Crippen LogP contribution in [0.25, 0.3) is 5.65 Å². The van der Waals surface area contributed by atoms with Crippen LogP contribution in [-0.4, -0.2) is 38.8 Å². The largest absolute Gasteiger partial charge is 0.365 e. The van der Waals surface area contributed by atoms with Crippen molar-refractivity contribution >= 4 is 17.4 Å². The van der Waals surface area contributed by atoms with Crippen molar-refractivity contribution in [2.45, 2.75) is 51.5 Å². The predicted molar refractivity (Wildman–Crippen MR) is 117 cm³/mol. The Morgan fingerprint density at radius 1 is 1.06 bits per heavy atom. The number of aromatic nitrogens is 2. The average Bonchev–Trinajstić information content (AvgIpc) is 3.06. The maximum absolute atomic E-state index is 13.9. The van der Waals surface area contributed by atoms with Crippen LogP contribution in [0.15, 0.2) is 42.6 Å². The molecule has 0 radical (unpaired) electrons. The molecule has 1 aromatic carbocycles. The number of carbonyl (C=O) groups excluding carboxylic acids is 1. The number of imidazole rings is 1. The van der Waals surface area contributed by atoms with Crippen molar-refractivity contribution in [3.63, 3.8) is 0 Å². The molecule has 31 heavy (non-hydrogen) atoms. The Morgan fingerprint density at radius 3 is 2.35 bits per heavy atom. The van der Waals surface area contributed by atoms with Gasteiger partial charge in [-0.05, 0) is 63.4 Å². The normalized spacial score (nSPS) is 15.5. The Labute approximate surface area is 181 Å². The van der Waals surface area contributed by atoms with Crippen molar-refractivity contribution in [1.29, 1.82) is 0 Å². The maximum atomic E-state index is 13.9. The molecule has 0 aliphatic carbocycles. The summed E-state index contributed by atoms with van der Waals surface area (Å²) in [6, 6.07) is 9.17. The average molecular weight is 427 g/mol. The molecule has 1 amide bonds. The lowest BCUT2D eigenvalue weighted by atomic mass is 9.92. The first-order valence-electron chi connectivity index (χ1n) is 10.7. The van der Waals surface area contributed by atoms with Gasteiger partial charge in [0.25, 0.3) is 0 Å². The minimum absolute atomic E-state index is 0.0511. The number of pyridine rings is 1. The number of fused-ring (bicyclic) bond motifs is 1. The molecule has 3 heterocycles. The third kappa shape index (κ3) is 4.86. The highest BCUT2D eigenvalue weighted by molar-refractivity contribution is 5.79. The number of hydrogen-bond donors (Lipinski definition) is 1. The molecule has 1 N–H and O–H groups in total. The fourth-order valence-corrected chi connectivity index (χ4v) is 4.09. The van der Waals surface area contributed by atoms with Gasteiger partial charge in [-0.25, -0.2) is 13.8 Å². The van der Waals surface area contributed by atoms with Gasteiger partial charge in [-0.15, -0.1) is 0 Å². The Bertz CT molecular complexity index is 1080. The summed E-state index contributed by atoms with van der Waals surface area (Å²) in [6.45, 7) is 7.47. The van der Waals surface area contributed by atoms with Crippen LogP contribution in [0.1, 0.15) is 50.8 Å². The number of nitrogens with zero attached hydrogens (tertiary/aromatic N) is 3. The van der Waals surface area contributed by atoms with E-state index < -0.39 is 0 Å². The fourth-order valence-electron chi connectivity index (χ4n) is 4.09. The minimum Gasteiger partial charge on any atom is -0.365 e. The Morgan fingerprint density at radius 2 is 1.71 bits per heavy atom. The van der Waals surface area contributed by atoms with Crippen LogP contribution in [0.4, 0.5) is 14.6 Å². The monoisotopic (exact) mass is 426 g/mol.